The largest absolute Gasteiger partial charge is 0.401 e. The number of aromatic nitrogens is 3. The molecule has 0 saturated carbocycles. The Kier molecular flexibility index (Phi) is 5.35. The highest BCUT2D eigenvalue weighted by molar-refractivity contribution is 7.92. The number of nitrogens with zero attached hydrogens (tertiary/aromatic N) is 4. The molecule has 5 rings (SSSR count). The summed E-state index contributed by atoms with van der Waals surface area (Å²) in [5.41, 5.74) is 2.45. The van der Waals surface area contributed by atoms with Gasteiger partial charge in [0.05, 0.1) is 10.6 Å². The highest BCUT2D eigenvalue weighted by atomic mass is 32.2. The topological polar surface area (TPSA) is 118 Å². The lowest BCUT2D eigenvalue weighted by atomic mass is 10.0. The van der Waals surface area contributed by atoms with E-state index in [0.717, 1.165) is 18.4 Å². The second kappa shape index (κ2) is 8.47. The lowest BCUT2D eigenvalue weighted by molar-refractivity contribution is 0.102. The normalized spacial score (nSPS) is 13.4. The molecule has 1 N–H and O–H groups in total. The first-order valence-electron chi connectivity index (χ1n) is 10.3. The zero-order valence-corrected chi connectivity index (χ0v) is 18.2. The van der Waals surface area contributed by atoms with Crippen molar-refractivity contribution in [1.29, 1.82) is 0 Å². The summed E-state index contributed by atoms with van der Waals surface area (Å²) in [6, 6.07) is 18.4. The van der Waals surface area contributed by atoms with E-state index >= 15 is 0 Å². The van der Waals surface area contributed by atoms with Gasteiger partial charge in [-0.3, -0.25) is 19.4 Å². The highest BCUT2D eigenvalue weighted by Crippen LogP contribution is 2.31. The van der Waals surface area contributed by atoms with Gasteiger partial charge < -0.3 is 4.42 Å². The molecule has 3 heterocycles. The molecule has 166 valence electrons. The molecule has 0 atom stereocenters. The first-order chi connectivity index (χ1) is 16.0. The lowest BCUT2D eigenvalue weighted by Crippen LogP contribution is -2.35. The van der Waals surface area contributed by atoms with Gasteiger partial charge >= 0.3 is 6.01 Å². The Labute approximate surface area is 190 Å². The van der Waals surface area contributed by atoms with Crippen LogP contribution in [-0.4, -0.2) is 36.1 Å². The summed E-state index contributed by atoms with van der Waals surface area (Å²) < 4.78 is 33.4. The molecule has 9 nitrogen and oxygen atoms in total. The molecule has 0 fully saturated rings. The van der Waals surface area contributed by atoms with Gasteiger partial charge in [0, 0.05) is 18.3 Å². The molecule has 2 aromatic heterocycles. The van der Waals surface area contributed by atoms with Crippen LogP contribution >= 0.6 is 0 Å². The SMILES string of the molecule is O=C(Nc1nnc(-c2ccccn2)o1)c1ccc(S(=O)(=O)N2CCCc3ccccc32)cc1. The molecule has 0 radical (unpaired) electrons. The average molecular weight is 462 g/mol. The molecule has 1 aliphatic heterocycles. The van der Waals surface area contributed by atoms with Gasteiger partial charge in [-0.25, -0.2) is 8.42 Å². The van der Waals surface area contributed by atoms with Gasteiger partial charge in [0.15, 0.2) is 0 Å². The summed E-state index contributed by atoms with van der Waals surface area (Å²) in [5.74, 6) is -0.326. The fourth-order valence-electron chi connectivity index (χ4n) is 3.69. The first-order valence-corrected chi connectivity index (χ1v) is 11.7. The molecule has 0 spiro atoms. The summed E-state index contributed by atoms with van der Waals surface area (Å²) in [4.78, 5) is 16.8. The average Bonchev–Trinajstić information content (AvgIpc) is 3.33. The third-order valence-corrected chi connectivity index (χ3v) is 7.13. The number of rotatable bonds is 5. The van der Waals surface area contributed by atoms with Gasteiger partial charge in [-0.05, 0) is 60.9 Å². The summed E-state index contributed by atoms with van der Waals surface area (Å²) >= 11 is 0. The van der Waals surface area contributed by atoms with E-state index in [4.69, 9.17) is 4.42 Å². The Morgan fingerprint density at radius 2 is 1.76 bits per heavy atom. The van der Waals surface area contributed by atoms with Gasteiger partial charge in [-0.15, -0.1) is 5.10 Å². The van der Waals surface area contributed by atoms with Gasteiger partial charge in [-0.2, -0.15) is 0 Å². The number of amides is 1. The van der Waals surface area contributed by atoms with Crippen molar-refractivity contribution in [3.05, 3.63) is 84.1 Å². The molecule has 0 bridgehead atoms. The van der Waals surface area contributed by atoms with Crippen LogP contribution in [0.15, 0.2) is 82.2 Å². The van der Waals surface area contributed by atoms with Crippen molar-refractivity contribution in [2.45, 2.75) is 17.7 Å². The van der Waals surface area contributed by atoms with Crippen molar-refractivity contribution in [2.24, 2.45) is 0 Å². The molecular formula is C23H19N5O4S. The number of benzene rings is 2. The smallest absolute Gasteiger partial charge is 0.322 e. The fourth-order valence-corrected chi connectivity index (χ4v) is 5.23. The minimum absolute atomic E-state index is 0.0812. The molecule has 1 aliphatic rings. The molecule has 0 aliphatic carbocycles. The molecular weight excluding hydrogens is 442 g/mol. The summed E-state index contributed by atoms with van der Waals surface area (Å²) in [6.45, 7) is 0.414. The van der Waals surface area contributed by atoms with E-state index in [1.807, 2.05) is 24.3 Å². The third-order valence-electron chi connectivity index (χ3n) is 5.30. The minimum atomic E-state index is -3.75. The Hall–Kier alpha value is -4.05. The minimum Gasteiger partial charge on any atom is -0.401 e. The Morgan fingerprint density at radius 3 is 2.55 bits per heavy atom. The van der Waals surface area contributed by atoms with E-state index in [1.165, 1.54) is 28.6 Å². The zero-order valence-electron chi connectivity index (χ0n) is 17.4. The molecule has 4 aromatic rings. The predicted octanol–water partition coefficient (Wildman–Crippen LogP) is 3.53. The fraction of sp³-hybridized carbons (Fsp3) is 0.130. The van der Waals surface area contributed by atoms with Crippen molar-refractivity contribution in [1.82, 2.24) is 15.2 Å². The maximum Gasteiger partial charge on any atom is 0.322 e. The molecule has 33 heavy (non-hydrogen) atoms. The number of carbonyl (C=O) groups excluding carboxylic acids is 1. The Bertz CT molecular complexity index is 1400. The van der Waals surface area contributed by atoms with E-state index in [2.05, 4.69) is 20.5 Å². The van der Waals surface area contributed by atoms with Crippen LogP contribution in [-0.2, 0) is 16.4 Å². The summed E-state index contributed by atoms with van der Waals surface area (Å²) in [6.07, 6.45) is 3.19. The Morgan fingerprint density at radius 1 is 0.970 bits per heavy atom. The van der Waals surface area contributed by atoms with Crippen LogP contribution in [0.3, 0.4) is 0 Å². The number of anilines is 2. The van der Waals surface area contributed by atoms with Crippen LogP contribution in [0.25, 0.3) is 11.6 Å². The van der Waals surface area contributed by atoms with Gasteiger partial charge in [0.25, 0.3) is 21.8 Å². The molecule has 10 heteroatoms. The van der Waals surface area contributed by atoms with Crippen LogP contribution in [0.5, 0.6) is 0 Å². The maximum absolute atomic E-state index is 13.2. The quantitative estimate of drug-likeness (QED) is 0.483. The zero-order chi connectivity index (χ0) is 22.8. The van der Waals surface area contributed by atoms with Crippen LogP contribution in [0.1, 0.15) is 22.3 Å². The maximum atomic E-state index is 13.2. The van der Waals surface area contributed by atoms with Crippen molar-refractivity contribution < 1.29 is 17.6 Å². The number of hydrogen-bond acceptors (Lipinski definition) is 7. The van der Waals surface area contributed by atoms with E-state index in [1.54, 1.807) is 24.4 Å². The van der Waals surface area contributed by atoms with E-state index < -0.39 is 15.9 Å². The molecule has 0 saturated heterocycles. The van der Waals surface area contributed by atoms with Gasteiger partial charge in [-0.1, -0.05) is 29.4 Å². The standard InChI is InChI=1S/C23H19N5O4S/c29-21(25-23-27-26-22(32-23)19-8-3-4-14-24-19)17-10-12-18(13-11-17)33(30,31)28-15-5-7-16-6-1-2-9-20(16)28/h1-4,6,8-14H,5,7,15H2,(H,25,27,29). The molecule has 0 unspecified atom stereocenters. The van der Waals surface area contributed by atoms with Crippen LogP contribution in [0.4, 0.5) is 11.7 Å². The van der Waals surface area contributed by atoms with Crippen molar-refractivity contribution in [3.8, 4) is 11.6 Å². The number of fused-ring (bicyclic) bond motifs is 1. The predicted molar refractivity (Wildman–Crippen MR) is 121 cm³/mol. The Balaban J connectivity index is 1.33. The van der Waals surface area contributed by atoms with Gasteiger partial charge in [0.2, 0.25) is 0 Å². The number of para-hydroxylation sites is 1. The summed E-state index contributed by atoms with van der Waals surface area (Å²) in [7, 11) is -3.75. The van der Waals surface area contributed by atoms with Crippen LogP contribution in [0, 0.1) is 0 Å². The number of sulfonamides is 1. The number of hydrogen-bond donors (Lipinski definition) is 1. The number of carbonyl (C=O) groups is 1. The number of aryl methyl sites for hydroxylation is 1. The molecule has 1 amide bonds. The highest BCUT2D eigenvalue weighted by Gasteiger charge is 2.29. The van der Waals surface area contributed by atoms with E-state index in [9.17, 15) is 13.2 Å². The molecule has 2 aromatic carbocycles. The van der Waals surface area contributed by atoms with Crippen LogP contribution in [0.2, 0.25) is 0 Å². The second-order valence-corrected chi connectivity index (χ2v) is 9.28. The van der Waals surface area contributed by atoms with Crippen molar-refractivity contribution in [3.63, 3.8) is 0 Å². The second-order valence-electron chi connectivity index (χ2n) is 7.42. The van der Waals surface area contributed by atoms with Gasteiger partial charge in [0.1, 0.15) is 5.69 Å². The van der Waals surface area contributed by atoms with E-state index in [0.29, 0.717) is 17.9 Å². The van der Waals surface area contributed by atoms with Crippen LogP contribution < -0.4 is 9.62 Å². The van der Waals surface area contributed by atoms with Crippen molar-refractivity contribution in [2.75, 3.05) is 16.2 Å². The number of nitrogens with one attached hydrogen (secondary N) is 1. The van der Waals surface area contributed by atoms with E-state index in [-0.39, 0.29) is 22.4 Å². The first kappa shape index (κ1) is 20.8. The number of pyridine rings is 1. The monoisotopic (exact) mass is 461 g/mol. The van der Waals surface area contributed by atoms with Crippen molar-refractivity contribution >= 4 is 27.6 Å². The third kappa shape index (κ3) is 4.08. The lowest BCUT2D eigenvalue weighted by Gasteiger charge is -2.30. The summed E-state index contributed by atoms with van der Waals surface area (Å²) in [5, 5.41) is 10.2.